The molecule has 9 heteroatoms. The van der Waals surface area contributed by atoms with Crippen LogP contribution in [0, 0.1) is 18.3 Å². The maximum absolute atomic E-state index is 14.1. The van der Waals surface area contributed by atoms with Crippen molar-refractivity contribution in [3.63, 3.8) is 0 Å². The Balaban J connectivity index is 2.48. The van der Waals surface area contributed by atoms with E-state index in [2.05, 4.69) is 21.3 Å². The fraction of sp³-hybridized carbons (Fsp3) is 0.571. The van der Waals surface area contributed by atoms with Crippen molar-refractivity contribution in [3.05, 3.63) is 35.4 Å². The van der Waals surface area contributed by atoms with E-state index in [9.17, 15) is 19.2 Å². The van der Waals surface area contributed by atoms with Gasteiger partial charge in [0.2, 0.25) is 11.8 Å². The van der Waals surface area contributed by atoms with Crippen LogP contribution in [-0.2, 0) is 23.9 Å². The number of hydrogen-bond acceptors (Lipinski definition) is 6. The maximum atomic E-state index is 14.1. The second kappa shape index (κ2) is 13.1. The lowest BCUT2D eigenvalue weighted by molar-refractivity contribution is -0.148. The highest BCUT2D eigenvalue weighted by atomic mass is 16.6. The summed E-state index contributed by atoms with van der Waals surface area (Å²) in [6.07, 6.45) is 7.50. The number of esters is 1. The van der Waals surface area contributed by atoms with Crippen LogP contribution in [0.25, 0.3) is 0 Å². The molecule has 0 saturated heterocycles. The molecule has 1 fully saturated rings. The van der Waals surface area contributed by atoms with Gasteiger partial charge in [0, 0.05) is 11.6 Å². The Morgan fingerprint density at radius 2 is 1.76 bits per heavy atom. The van der Waals surface area contributed by atoms with Crippen LogP contribution < -0.4 is 10.6 Å². The highest BCUT2D eigenvalue weighted by Crippen LogP contribution is 2.34. The monoisotopic (exact) mass is 513 g/mol. The van der Waals surface area contributed by atoms with Gasteiger partial charge >= 0.3 is 12.1 Å². The van der Waals surface area contributed by atoms with Crippen LogP contribution in [0.3, 0.4) is 0 Å². The molecule has 37 heavy (non-hydrogen) atoms. The van der Waals surface area contributed by atoms with Crippen LogP contribution >= 0.6 is 0 Å². The Morgan fingerprint density at radius 3 is 2.22 bits per heavy atom. The number of terminal acetylenes is 1. The predicted molar refractivity (Wildman–Crippen MR) is 139 cm³/mol. The van der Waals surface area contributed by atoms with Gasteiger partial charge in [0.15, 0.2) is 0 Å². The van der Waals surface area contributed by atoms with Crippen molar-refractivity contribution < 1.29 is 28.7 Å². The first-order chi connectivity index (χ1) is 17.4. The van der Waals surface area contributed by atoms with E-state index in [1.807, 2.05) is 13.8 Å². The Hall–Kier alpha value is -3.54. The van der Waals surface area contributed by atoms with Crippen LogP contribution in [-0.4, -0.2) is 60.1 Å². The van der Waals surface area contributed by atoms with Crippen LogP contribution in [0.2, 0.25) is 0 Å². The first kappa shape index (κ1) is 29.7. The van der Waals surface area contributed by atoms with E-state index < -0.39 is 35.7 Å². The quantitative estimate of drug-likeness (QED) is 0.367. The van der Waals surface area contributed by atoms with Crippen molar-refractivity contribution in [2.45, 2.75) is 84.0 Å². The van der Waals surface area contributed by atoms with E-state index in [0.717, 1.165) is 19.3 Å². The van der Waals surface area contributed by atoms with Gasteiger partial charge in [0.05, 0.1) is 7.11 Å². The van der Waals surface area contributed by atoms with Gasteiger partial charge < -0.3 is 25.0 Å². The molecule has 0 bridgehead atoms. The third-order valence-corrected chi connectivity index (χ3v) is 5.97. The summed E-state index contributed by atoms with van der Waals surface area (Å²) in [5, 5.41) is 5.32. The Kier molecular flexibility index (Phi) is 10.5. The Labute approximate surface area is 219 Å². The minimum atomic E-state index is -1.04. The SMILES string of the molecule is C#Cc1ccc(C(C(=O)NCC(=O)OC)N(C(=O)C(CC(C)C)NC(=O)OC(C)(C)C)C2CCC2)cc1. The molecule has 3 amide bonds. The van der Waals surface area contributed by atoms with Gasteiger partial charge in [-0.25, -0.2) is 4.79 Å². The van der Waals surface area contributed by atoms with Gasteiger partial charge in [-0.2, -0.15) is 0 Å². The molecule has 1 aliphatic rings. The number of amides is 3. The maximum Gasteiger partial charge on any atom is 0.408 e. The van der Waals surface area contributed by atoms with E-state index in [0.29, 0.717) is 17.5 Å². The molecular weight excluding hydrogens is 474 g/mol. The molecule has 1 aliphatic carbocycles. The average Bonchev–Trinajstić information content (AvgIpc) is 2.78. The third-order valence-electron chi connectivity index (χ3n) is 5.97. The largest absolute Gasteiger partial charge is 0.468 e. The molecule has 0 spiro atoms. The number of hydrogen-bond donors (Lipinski definition) is 2. The fourth-order valence-corrected chi connectivity index (χ4v) is 4.03. The summed E-state index contributed by atoms with van der Waals surface area (Å²) < 4.78 is 10.1. The van der Waals surface area contributed by atoms with Gasteiger partial charge in [0.25, 0.3) is 0 Å². The molecule has 2 N–H and O–H groups in total. The lowest BCUT2D eigenvalue weighted by Crippen LogP contribution is -2.58. The van der Waals surface area contributed by atoms with Crippen LogP contribution in [0.15, 0.2) is 24.3 Å². The molecule has 0 radical (unpaired) electrons. The van der Waals surface area contributed by atoms with Crippen LogP contribution in [0.4, 0.5) is 4.79 Å². The Morgan fingerprint density at radius 1 is 1.14 bits per heavy atom. The molecule has 1 aromatic rings. The summed E-state index contributed by atoms with van der Waals surface area (Å²) in [6.45, 7) is 8.79. The normalized spacial score (nSPS) is 15.0. The number of benzene rings is 1. The molecular formula is C28H39N3O6. The minimum Gasteiger partial charge on any atom is -0.468 e. The molecule has 202 valence electrons. The number of carbonyl (C=O) groups is 4. The lowest BCUT2D eigenvalue weighted by atomic mass is 9.87. The first-order valence-electron chi connectivity index (χ1n) is 12.6. The average molecular weight is 514 g/mol. The molecule has 2 unspecified atom stereocenters. The molecule has 0 aromatic heterocycles. The second-order valence-electron chi connectivity index (χ2n) is 10.6. The number of rotatable bonds is 10. The summed E-state index contributed by atoms with van der Waals surface area (Å²) >= 11 is 0. The summed E-state index contributed by atoms with van der Waals surface area (Å²) in [5.74, 6) is 1.10. The molecule has 1 aromatic carbocycles. The lowest BCUT2D eigenvalue weighted by Gasteiger charge is -2.43. The number of nitrogens with one attached hydrogen (secondary N) is 2. The van der Waals surface area contributed by atoms with E-state index >= 15 is 0 Å². The van der Waals surface area contributed by atoms with Gasteiger partial charge in [0.1, 0.15) is 24.2 Å². The summed E-state index contributed by atoms with van der Waals surface area (Å²) in [4.78, 5) is 53.5. The smallest absolute Gasteiger partial charge is 0.408 e. The number of ether oxygens (including phenoxy) is 2. The fourth-order valence-electron chi connectivity index (χ4n) is 4.03. The van der Waals surface area contributed by atoms with Gasteiger partial charge in [-0.3, -0.25) is 14.4 Å². The number of alkyl carbamates (subject to hydrolysis) is 1. The van der Waals surface area contributed by atoms with Crippen molar-refractivity contribution in [2.75, 3.05) is 13.7 Å². The topological polar surface area (TPSA) is 114 Å². The van der Waals surface area contributed by atoms with Crippen molar-refractivity contribution >= 4 is 23.9 Å². The van der Waals surface area contributed by atoms with Gasteiger partial charge in [-0.05, 0) is 70.1 Å². The van der Waals surface area contributed by atoms with E-state index in [4.69, 9.17) is 11.2 Å². The van der Waals surface area contributed by atoms with Gasteiger partial charge in [-0.15, -0.1) is 6.42 Å². The van der Waals surface area contributed by atoms with Crippen molar-refractivity contribution in [3.8, 4) is 12.3 Å². The minimum absolute atomic E-state index is 0.0774. The third kappa shape index (κ3) is 8.81. The highest BCUT2D eigenvalue weighted by Gasteiger charge is 2.42. The standard InChI is InChI=1S/C28H39N3O6/c1-8-19-12-14-20(15-13-19)24(25(33)29-17-23(32)36-7)31(21-10-9-11-21)26(34)22(16-18(2)3)30-27(35)37-28(4,5)6/h1,12-15,18,21-22,24H,9-11,16-17H2,2-7H3,(H,29,33)(H,30,35). The van der Waals surface area contributed by atoms with Crippen molar-refractivity contribution in [2.24, 2.45) is 5.92 Å². The molecule has 2 rings (SSSR count). The predicted octanol–water partition coefficient (Wildman–Crippen LogP) is 3.32. The highest BCUT2D eigenvalue weighted by molar-refractivity contribution is 5.93. The molecule has 9 nitrogen and oxygen atoms in total. The van der Waals surface area contributed by atoms with Crippen LogP contribution in [0.1, 0.15) is 77.5 Å². The zero-order valence-electron chi connectivity index (χ0n) is 22.6. The first-order valence-corrected chi connectivity index (χ1v) is 12.6. The van der Waals surface area contributed by atoms with Crippen molar-refractivity contribution in [1.82, 2.24) is 15.5 Å². The zero-order valence-corrected chi connectivity index (χ0v) is 22.6. The molecule has 2 atom stereocenters. The molecule has 0 heterocycles. The number of nitrogens with zero attached hydrogens (tertiary/aromatic N) is 1. The van der Waals surface area contributed by atoms with E-state index in [1.165, 1.54) is 7.11 Å². The zero-order chi connectivity index (χ0) is 27.8. The molecule has 1 saturated carbocycles. The van der Waals surface area contributed by atoms with E-state index in [1.54, 1.807) is 49.9 Å². The molecule has 0 aliphatic heterocycles. The van der Waals surface area contributed by atoms with E-state index in [-0.39, 0.29) is 24.4 Å². The van der Waals surface area contributed by atoms with Gasteiger partial charge in [-0.1, -0.05) is 31.9 Å². The summed E-state index contributed by atoms with van der Waals surface area (Å²) in [6, 6.07) is 4.66. The number of methoxy groups -OCH3 is 1. The number of carbonyl (C=O) groups excluding carboxylic acids is 4. The Bertz CT molecular complexity index is 1000. The van der Waals surface area contributed by atoms with Crippen LogP contribution in [0.5, 0.6) is 0 Å². The summed E-state index contributed by atoms with van der Waals surface area (Å²) in [7, 11) is 1.23. The second-order valence-corrected chi connectivity index (χ2v) is 10.6. The summed E-state index contributed by atoms with van der Waals surface area (Å²) in [5.41, 5.74) is 0.434. The van der Waals surface area contributed by atoms with Crippen molar-refractivity contribution in [1.29, 1.82) is 0 Å².